The minimum atomic E-state index is -3.67. The monoisotopic (exact) mass is 346 g/mol. The second kappa shape index (κ2) is 5.97. The zero-order valence-corrected chi connectivity index (χ0v) is 13.5. The van der Waals surface area contributed by atoms with E-state index in [1.165, 1.54) is 24.4 Å². The lowest BCUT2D eigenvalue weighted by Gasteiger charge is -2.22. The summed E-state index contributed by atoms with van der Waals surface area (Å²) in [6, 6.07) is 14.9. The average Bonchev–Trinajstić information content (AvgIpc) is 3.01. The Morgan fingerprint density at radius 3 is 2.33 bits per heavy atom. The second-order valence-electron chi connectivity index (χ2n) is 5.24. The summed E-state index contributed by atoms with van der Waals surface area (Å²) in [7, 11) is -3.67. The number of ether oxygens (including phenoxy) is 1. The maximum atomic E-state index is 12.1. The first-order chi connectivity index (χ1) is 11.4. The number of hydrogen-bond donors (Lipinski definition) is 0. The Balaban J connectivity index is 2.08. The summed E-state index contributed by atoms with van der Waals surface area (Å²) >= 11 is 0. The van der Waals surface area contributed by atoms with Crippen LogP contribution in [0.15, 0.2) is 60.8 Å². The molecule has 7 nitrogen and oxygen atoms in total. The van der Waals surface area contributed by atoms with Gasteiger partial charge in [0.05, 0.1) is 22.9 Å². The smallest absolute Gasteiger partial charge is 0.278 e. The molecule has 0 aliphatic carbocycles. The first-order valence-corrected chi connectivity index (χ1v) is 8.88. The van der Waals surface area contributed by atoms with Crippen molar-refractivity contribution in [3.8, 4) is 0 Å². The van der Waals surface area contributed by atoms with Gasteiger partial charge < -0.3 is 4.74 Å². The predicted molar refractivity (Wildman–Crippen MR) is 88.0 cm³/mol. The Morgan fingerprint density at radius 1 is 1.08 bits per heavy atom. The maximum absolute atomic E-state index is 12.1. The number of sulfonamides is 1. The highest BCUT2D eigenvalue weighted by Gasteiger charge is 2.37. The summed E-state index contributed by atoms with van der Waals surface area (Å²) in [6.45, 7) is 0. The molecule has 1 aliphatic rings. The molecule has 124 valence electrons. The molecule has 0 aromatic heterocycles. The van der Waals surface area contributed by atoms with E-state index in [-0.39, 0.29) is 11.3 Å². The number of hydrogen-bond acceptors (Lipinski definition) is 5. The van der Waals surface area contributed by atoms with E-state index >= 15 is 0 Å². The van der Waals surface area contributed by atoms with Crippen LogP contribution in [-0.4, -0.2) is 23.9 Å². The number of benzene rings is 2. The molecule has 1 heterocycles. The van der Waals surface area contributed by atoms with Crippen molar-refractivity contribution in [1.29, 1.82) is 0 Å². The van der Waals surface area contributed by atoms with E-state index < -0.39 is 21.2 Å². The molecule has 0 saturated heterocycles. The van der Waals surface area contributed by atoms with Crippen LogP contribution in [0, 0.1) is 10.1 Å². The van der Waals surface area contributed by atoms with Gasteiger partial charge in [-0.25, -0.2) is 12.7 Å². The van der Waals surface area contributed by atoms with Crippen LogP contribution in [0.5, 0.6) is 0 Å². The van der Waals surface area contributed by atoms with Crippen LogP contribution >= 0.6 is 0 Å². The van der Waals surface area contributed by atoms with Gasteiger partial charge in [-0.3, -0.25) is 10.1 Å². The maximum Gasteiger partial charge on any atom is 0.278 e. The largest absolute Gasteiger partial charge is 0.463 e. The van der Waals surface area contributed by atoms with E-state index in [0.717, 1.165) is 10.6 Å². The molecule has 0 spiro atoms. The molecule has 0 radical (unpaired) electrons. The van der Waals surface area contributed by atoms with Gasteiger partial charge >= 0.3 is 0 Å². The fourth-order valence-electron chi connectivity index (χ4n) is 2.46. The summed E-state index contributed by atoms with van der Waals surface area (Å²) < 4.78 is 31.0. The average molecular weight is 346 g/mol. The second-order valence-corrected chi connectivity index (χ2v) is 7.13. The van der Waals surface area contributed by atoms with Crippen LogP contribution in [0.2, 0.25) is 0 Å². The van der Waals surface area contributed by atoms with E-state index in [2.05, 4.69) is 0 Å². The van der Waals surface area contributed by atoms with E-state index in [1.54, 1.807) is 30.3 Å². The molecule has 0 bridgehead atoms. The van der Waals surface area contributed by atoms with Crippen molar-refractivity contribution in [2.24, 2.45) is 0 Å². The van der Waals surface area contributed by atoms with Crippen molar-refractivity contribution < 1.29 is 18.1 Å². The third-order valence-electron chi connectivity index (χ3n) is 3.55. The van der Waals surface area contributed by atoms with Gasteiger partial charge in [-0.05, 0) is 6.07 Å². The molecule has 0 amide bonds. The standard InChI is InChI=1S/C16H14N2O5S/c1-24(21,22)17-11-15(12-7-3-2-4-8-12)23-16(17)13-9-5-6-10-14(13)18(19)20/h2-11,16H,1H3/t16-/m1/s1. The number of nitrogens with zero attached hydrogens (tertiary/aromatic N) is 2. The van der Waals surface area contributed by atoms with Crippen LogP contribution in [0.4, 0.5) is 5.69 Å². The SMILES string of the molecule is CS(=O)(=O)N1C=C(c2ccccc2)O[C@@H]1c1ccccc1[N+](=O)[O-]. The van der Waals surface area contributed by atoms with Crippen molar-refractivity contribution in [3.05, 3.63) is 82.0 Å². The highest BCUT2D eigenvalue weighted by Crippen LogP contribution is 2.40. The third-order valence-corrected chi connectivity index (χ3v) is 4.62. The van der Waals surface area contributed by atoms with Gasteiger partial charge in [-0.2, -0.15) is 0 Å². The van der Waals surface area contributed by atoms with E-state index in [0.29, 0.717) is 11.3 Å². The zero-order chi connectivity index (χ0) is 17.3. The van der Waals surface area contributed by atoms with Crippen molar-refractivity contribution in [2.75, 3.05) is 6.26 Å². The molecule has 0 fully saturated rings. The summed E-state index contributed by atoms with van der Waals surface area (Å²) in [6.07, 6.45) is 1.27. The lowest BCUT2D eigenvalue weighted by Crippen LogP contribution is -2.27. The number of rotatable bonds is 4. The van der Waals surface area contributed by atoms with Crippen molar-refractivity contribution >= 4 is 21.5 Å². The Bertz CT molecular complexity index is 909. The van der Waals surface area contributed by atoms with Crippen molar-refractivity contribution in [3.63, 3.8) is 0 Å². The molecule has 0 saturated carbocycles. The fourth-order valence-corrected chi connectivity index (χ4v) is 3.26. The molecule has 1 aliphatic heterocycles. The first-order valence-electron chi connectivity index (χ1n) is 7.03. The molecule has 3 rings (SSSR count). The molecule has 2 aromatic carbocycles. The molecular formula is C16H14N2O5S. The van der Waals surface area contributed by atoms with E-state index in [1.807, 2.05) is 6.07 Å². The van der Waals surface area contributed by atoms with Gasteiger partial charge in [-0.15, -0.1) is 0 Å². The van der Waals surface area contributed by atoms with E-state index in [9.17, 15) is 18.5 Å². The van der Waals surface area contributed by atoms with Crippen LogP contribution in [-0.2, 0) is 14.8 Å². The minimum absolute atomic E-state index is 0.176. The Kier molecular flexibility index (Phi) is 3.98. The lowest BCUT2D eigenvalue weighted by atomic mass is 10.1. The summed E-state index contributed by atoms with van der Waals surface area (Å²) in [4.78, 5) is 10.7. The van der Waals surface area contributed by atoms with Crippen molar-refractivity contribution in [2.45, 2.75) is 6.23 Å². The molecular weight excluding hydrogens is 332 g/mol. The topological polar surface area (TPSA) is 89.8 Å². The molecule has 0 unspecified atom stereocenters. The number of nitro groups is 1. The summed E-state index contributed by atoms with van der Waals surface area (Å²) in [5.41, 5.74) is 0.668. The highest BCUT2D eigenvalue weighted by molar-refractivity contribution is 7.88. The van der Waals surface area contributed by atoms with Gasteiger partial charge in [-0.1, -0.05) is 42.5 Å². The highest BCUT2D eigenvalue weighted by atomic mass is 32.2. The van der Waals surface area contributed by atoms with Crippen LogP contribution in [0.3, 0.4) is 0 Å². The lowest BCUT2D eigenvalue weighted by molar-refractivity contribution is -0.386. The van der Waals surface area contributed by atoms with Crippen LogP contribution in [0.25, 0.3) is 5.76 Å². The Labute approximate surface area is 139 Å². The van der Waals surface area contributed by atoms with E-state index in [4.69, 9.17) is 4.74 Å². The molecule has 0 N–H and O–H groups in total. The quantitative estimate of drug-likeness (QED) is 0.627. The molecule has 24 heavy (non-hydrogen) atoms. The molecule has 8 heteroatoms. The fraction of sp³-hybridized carbons (Fsp3) is 0.125. The zero-order valence-electron chi connectivity index (χ0n) is 12.7. The number of para-hydroxylation sites is 1. The Hall–Kier alpha value is -2.87. The first kappa shape index (κ1) is 16.0. The van der Waals surface area contributed by atoms with Gasteiger partial charge in [0.25, 0.3) is 5.69 Å². The van der Waals surface area contributed by atoms with Gasteiger partial charge in [0.1, 0.15) is 5.76 Å². The summed E-state index contributed by atoms with van der Waals surface area (Å²) in [5.74, 6) is 0.337. The van der Waals surface area contributed by atoms with Crippen LogP contribution in [0.1, 0.15) is 17.4 Å². The van der Waals surface area contributed by atoms with Gasteiger partial charge in [0.15, 0.2) is 0 Å². The van der Waals surface area contributed by atoms with Gasteiger partial charge in [0, 0.05) is 11.6 Å². The van der Waals surface area contributed by atoms with Gasteiger partial charge in [0.2, 0.25) is 16.3 Å². The number of nitro benzene ring substituents is 1. The van der Waals surface area contributed by atoms with Crippen LogP contribution < -0.4 is 0 Å². The molecule has 2 aromatic rings. The minimum Gasteiger partial charge on any atom is -0.463 e. The normalized spacial score (nSPS) is 17.3. The summed E-state index contributed by atoms with van der Waals surface area (Å²) in [5, 5.41) is 11.3. The molecule has 1 atom stereocenters. The van der Waals surface area contributed by atoms with Crippen molar-refractivity contribution in [1.82, 2.24) is 4.31 Å². The third kappa shape index (κ3) is 2.95. The Morgan fingerprint density at radius 2 is 1.71 bits per heavy atom. The predicted octanol–water partition coefficient (Wildman–Crippen LogP) is 2.88.